The number of nitrogens with zero attached hydrogens (tertiary/aromatic N) is 1. The van der Waals surface area contributed by atoms with Crippen LogP contribution < -0.4 is 5.32 Å². The van der Waals surface area contributed by atoms with Crippen molar-refractivity contribution in [2.75, 3.05) is 13.1 Å². The molecular weight excluding hydrogens is 408 g/mol. The highest BCUT2D eigenvalue weighted by Crippen LogP contribution is 2.47. The Bertz CT molecular complexity index is 834. The molecule has 0 aromatic heterocycles. The number of aliphatic hydroxyl groups is 1. The third kappa shape index (κ3) is 7.04. The topological polar surface area (TPSA) is 52.6 Å². The van der Waals surface area contributed by atoms with Gasteiger partial charge in [0, 0.05) is 18.0 Å². The van der Waals surface area contributed by atoms with Crippen molar-refractivity contribution in [3.8, 4) is 0 Å². The summed E-state index contributed by atoms with van der Waals surface area (Å²) in [5.74, 6) is 1.47. The van der Waals surface area contributed by atoms with Crippen LogP contribution >= 0.6 is 0 Å². The average Bonchev–Trinajstić information content (AvgIpc) is 3.25. The van der Waals surface area contributed by atoms with E-state index in [1.807, 2.05) is 4.90 Å². The maximum atomic E-state index is 12.5. The number of aryl methyl sites for hydroxylation is 2. The molecule has 2 N–H and O–H groups in total. The second-order valence-corrected chi connectivity index (χ2v) is 10.6. The van der Waals surface area contributed by atoms with E-state index >= 15 is 0 Å². The van der Waals surface area contributed by atoms with Crippen LogP contribution in [0.15, 0.2) is 48.1 Å². The van der Waals surface area contributed by atoms with Crippen LogP contribution in [-0.2, 0) is 11.2 Å². The number of rotatable bonds is 11. The van der Waals surface area contributed by atoms with Crippen LogP contribution in [-0.4, -0.2) is 47.2 Å². The van der Waals surface area contributed by atoms with E-state index in [9.17, 15) is 9.90 Å². The zero-order valence-electron chi connectivity index (χ0n) is 21.3. The van der Waals surface area contributed by atoms with Crippen LogP contribution in [0.5, 0.6) is 0 Å². The number of allylic oxidation sites excluding steroid dienone is 2. The molecule has 33 heavy (non-hydrogen) atoms. The summed E-state index contributed by atoms with van der Waals surface area (Å²) in [5.41, 5.74) is 4.18. The highest BCUT2D eigenvalue weighted by Gasteiger charge is 2.43. The highest BCUT2D eigenvalue weighted by atomic mass is 16.3. The minimum absolute atomic E-state index is 0.177. The maximum Gasteiger partial charge on any atom is 0.236 e. The number of carbonyl (C=O) groups excluding carboxylic acids is 1. The van der Waals surface area contributed by atoms with E-state index in [0.717, 1.165) is 38.6 Å². The second-order valence-electron chi connectivity index (χ2n) is 10.6. The maximum absolute atomic E-state index is 12.5. The fourth-order valence-electron chi connectivity index (χ4n) is 5.87. The lowest BCUT2D eigenvalue weighted by Gasteiger charge is -2.31. The lowest BCUT2D eigenvalue weighted by Crippen LogP contribution is -2.46. The first-order chi connectivity index (χ1) is 15.8. The summed E-state index contributed by atoms with van der Waals surface area (Å²) < 4.78 is 0. The molecule has 1 aromatic rings. The number of aliphatic hydroxyl groups excluding tert-OH is 1. The molecule has 0 spiro atoms. The van der Waals surface area contributed by atoms with Crippen LogP contribution in [0.4, 0.5) is 0 Å². The van der Waals surface area contributed by atoms with Gasteiger partial charge in [-0.15, -0.1) is 0 Å². The van der Waals surface area contributed by atoms with Crippen molar-refractivity contribution in [3.63, 3.8) is 0 Å². The Kier molecular flexibility index (Phi) is 9.34. The number of carbonyl (C=O) groups is 1. The van der Waals surface area contributed by atoms with Gasteiger partial charge in [-0.2, -0.15) is 0 Å². The van der Waals surface area contributed by atoms with E-state index in [4.69, 9.17) is 0 Å². The molecule has 4 heteroatoms. The Balaban J connectivity index is 1.41. The SMILES string of the molecule is Cc1cccc(CCC=C[C@@H]2[C@H]3CC(CCNCC(=O)N(C(C)C)C(C)C)=C[C@H]3C[C@H]2O)c1. The van der Waals surface area contributed by atoms with Crippen molar-refractivity contribution in [1.29, 1.82) is 0 Å². The van der Waals surface area contributed by atoms with Crippen LogP contribution in [0.1, 0.15) is 64.5 Å². The van der Waals surface area contributed by atoms with Gasteiger partial charge in [0.25, 0.3) is 0 Å². The number of amides is 1. The molecule has 1 aromatic carbocycles. The third-order valence-electron chi connectivity index (χ3n) is 7.29. The molecule has 1 saturated carbocycles. The zero-order valence-corrected chi connectivity index (χ0v) is 21.3. The molecule has 1 amide bonds. The van der Waals surface area contributed by atoms with Gasteiger partial charge in [0.15, 0.2) is 0 Å². The van der Waals surface area contributed by atoms with E-state index in [0.29, 0.717) is 18.4 Å². The average molecular weight is 453 g/mol. The van der Waals surface area contributed by atoms with E-state index in [-0.39, 0.29) is 30.0 Å². The number of hydrogen-bond donors (Lipinski definition) is 2. The number of nitrogens with one attached hydrogen (secondary N) is 1. The summed E-state index contributed by atoms with van der Waals surface area (Å²) in [6, 6.07) is 9.17. The molecule has 0 bridgehead atoms. The van der Waals surface area contributed by atoms with E-state index in [1.165, 1.54) is 16.7 Å². The molecule has 0 heterocycles. The van der Waals surface area contributed by atoms with Crippen molar-refractivity contribution in [2.24, 2.45) is 17.8 Å². The van der Waals surface area contributed by atoms with Crippen LogP contribution in [0.2, 0.25) is 0 Å². The van der Waals surface area contributed by atoms with Crippen LogP contribution in [0, 0.1) is 24.7 Å². The number of hydrogen-bond acceptors (Lipinski definition) is 3. The minimum atomic E-state index is -0.221. The number of fused-ring (bicyclic) bond motifs is 1. The Labute approximate surface area is 201 Å². The van der Waals surface area contributed by atoms with E-state index < -0.39 is 0 Å². The normalized spacial score (nSPS) is 24.7. The van der Waals surface area contributed by atoms with Crippen molar-refractivity contribution in [2.45, 2.75) is 84.9 Å². The molecule has 0 radical (unpaired) electrons. The van der Waals surface area contributed by atoms with Crippen molar-refractivity contribution < 1.29 is 9.90 Å². The predicted molar refractivity (Wildman–Crippen MR) is 137 cm³/mol. The van der Waals surface area contributed by atoms with Gasteiger partial charge in [-0.05, 0) is 90.7 Å². The molecule has 3 rings (SSSR count). The molecule has 0 aliphatic heterocycles. The van der Waals surface area contributed by atoms with Gasteiger partial charge in [-0.25, -0.2) is 0 Å². The monoisotopic (exact) mass is 452 g/mol. The largest absolute Gasteiger partial charge is 0.392 e. The Morgan fingerprint density at radius 1 is 1.21 bits per heavy atom. The Morgan fingerprint density at radius 2 is 1.97 bits per heavy atom. The van der Waals surface area contributed by atoms with Gasteiger partial charge in [-0.1, -0.05) is 53.6 Å². The fraction of sp³-hybridized carbons (Fsp3) is 0.621. The lowest BCUT2D eigenvalue weighted by molar-refractivity contribution is -0.133. The molecule has 4 nitrogen and oxygen atoms in total. The van der Waals surface area contributed by atoms with Gasteiger partial charge in [0.2, 0.25) is 5.91 Å². The van der Waals surface area contributed by atoms with E-state index in [1.54, 1.807) is 0 Å². The minimum Gasteiger partial charge on any atom is -0.392 e. The molecule has 0 saturated heterocycles. The van der Waals surface area contributed by atoms with Gasteiger partial charge < -0.3 is 15.3 Å². The molecule has 2 aliphatic carbocycles. The molecule has 0 unspecified atom stereocenters. The van der Waals surface area contributed by atoms with Gasteiger partial charge >= 0.3 is 0 Å². The first kappa shape index (κ1) is 25.7. The number of benzene rings is 1. The molecule has 182 valence electrons. The van der Waals surface area contributed by atoms with Crippen LogP contribution in [0.3, 0.4) is 0 Å². The van der Waals surface area contributed by atoms with Crippen LogP contribution in [0.25, 0.3) is 0 Å². The zero-order chi connectivity index (χ0) is 24.0. The van der Waals surface area contributed by atoms with Gasteiger partial charge in [0.1, 0.15) is 0 Å². The van der Waals surface area contributed by atoms with Gasteiger partial charge in [-0.3, -0.25) is 4.79 Å². The molecular formula is C29H44N2O2. The predicted octanol–water partition coefficient (Wildman–Crippen LogP) is 5.05. The summed E-state index contributed by atoms with van der Waals surface area (Å²) in [4.78, 5) is 14.5. The van der Waals surface area contributed by atoms with E-state index in [2.05, 4.69) is 82.4 Å². The highest BCUT2D eigenvalue weighted by molar-refractivity contribution is 5.78. The van der Waals surface area contributed by atoms with Crippen molar-refractivity contribution in [1.82, 2.24) is 10.2 Å². The summed E-state index contributed by atoms with van der Waals surface area (Å²) in [7, 11) is 0. The Morgan fingerprint density at radius 3 is 2.67 bits per heavy atom. The smallest absolute Gasteiger partial charge is 0.236 e. The molecule has 4 atom stereocenters. The summed E-state index contributed by atoms with van der Waals surface area (Å²) in [6.07, 6.45) is 11.8. The van der Waals surface area contributed by atoms with Crippen molar-refractivity contribution in [3.05, 3.63) is 59.2 Å². The second kappa shape index (κ2) is 12.0. The summed E-state index contributed by atoms with van der Waals surface area (Å²) >= 11 is 0. The quantitative estimate of drug-likeness (QED) is 0.365. The first-order valence-electron chi connectivity index (χ1n) is 12.9. The first-order valence-corrected chi connectivity index (χ1v) is 12.9. The lowest BCUT2D eigenvalue weighted by atomic mass is 9.89. The molecule has 2 aliphatic rings. The molecule has 1 fully saturated rings. The third-order valence-corrected chi connectivity index (χ3v) is 7.29. The van der Waals surface area contributed by atoms with Crippen molar-refractivity contribution >= 4 is 5.91 Å². The standard InChI is InChI=1S/C29H44N2O2/c1-20(2)31(21(3)4)29(33)19-30-14-13-24-16-25-18-28(32)26(27(25)17-24)12-7-6-10-23-11-8-9-22(5)15-23/h7-9,11-12,15-16,20-21,25-28,30,32H,6,10,13-14,17-19H2,1-5H3/t25-,26+,27-,28+/m0/s1. The Hall–Kier alpha value is -1.91. The summed E-state index contributed by atoms with van der Waals surface area (Å²) in [6.45, 7) is 11.7. The fourth-order valence-corrected chi connectivity index (χ4v) is 5.87. The summed E-state index contributed by atoms with van der Waals surface area (Å²) in [5, 5.41) is 14.0. The van der Waals surface area contributed by atoms with Gasteiger partial charge in [0.05, 0.1) is 12.6 Å².